The van der Waals surface area contributed by atoms with Crippen LogP contribution in [0.3, 0.4) is 0 Å². The highest BCUT2D eigenvalue weighted by molar-refractivity contribution is 4.81. The van der Waals surface area contributed by atoms with Crippen molar-refractivity contribution < 1.29 is 5.11 Å². The summed E-state index contributed by atoms with van der Waals surface area (Å²) in [6.07, 6.45) is 7.82. The molecule has 0 aromatic carbocycles. The van der Waals surface area contributed by atoms with E-state index in [9.17, 15) is 5.11 Å². The molecule has 0 bridgehead atoms. The van der Waals surface area contributed by atoms with Crippen LogP contribution in [0, 0.1) is 6.57 Å². The number of rotatable bonds is 7. The maximum atomic E-state index is 9.37. The lowest BCUT2D eigenvalue weighted by Crippen LogP contribution is -2.17. The Labute approximate surface area is 81.8 Å². The fraction of sp³-hybridized carbons (Fsp3) is 0.909. The van der Waals surface area contributed by atoms with E-state index in [0.717, 1.165) is 12.8 Å². The lowest BCUT2D eigenvalue weighted by atomic mass is 10.1. The van der Waals surface area contributed by atoms with Crippen LogP contribution < -0.4 is 0 Å². The van der Waals surface area contributed by atoms with Crippen molar-refractivity contribution in [1.82, 2.24) is 0 Å². The predicted octanol–water partition coefficient (Wildman–Crippen LogP) is 3.36. The molecule has 0 amide bonds. The molecular formula is C11H21NO. The van der Waals surface area contributed by atoms with Gasteiger partial charge in [0.25, 0.3) is 0 Å². The van der Waals surface area contributed by atoms with Crippen LogP contribution in [-0.4, -0.2) is 10.8 Å². The maximum Gasteiger partial charge on any atom is 0.331 e. The van der Waals surface area contributed by atoms with Gasteiger partial charge in [-0.15, -0.1) is 0 Å². The number of unbranched alkanes of at least 4 members (excludes halogenated alkanes) is 5. The Kier molecular flexibility index (Phi) is 6.62. The molecule has 0 radical (unpaired) electrons. The zero-order valence-electron chi connectivity index (χ0n) is 8.84. The zero-order valence-corrected chi connectivity index (χ0v) is 8.84. The second-order valence-electron chi connectivity index (χ2n) is 3.85. The van der Waals surface area contributed by atoms with Gasteiger partial charge in [-0.1, -0.05) is 39.0 Å². The molecule has 13 heavy (non-hydrogen) atoms. The molecule has 0 aliphatic carbocycles. The first-order valence-electron chi connectivity index (χ1n) is 5.23. The van der Waals surface area contributed by atoms with Gasteiger partial charge in [-0.25, -0.2) is 6.57 Å². The Morgan fingerprint density at radius 2 is 1.69 bits per heavy atom. The third kappa shape index (κ3) is 7.80. The summed E-state index contributed by atoms with van der Waals surface area (Å²) in [6, 6.07) is 0. The molecule has 2 heteroatoms. The van der Waals surface area contributed by atoms with Crippen LogP contribution in [0.4, 0.5) is 0 Å². The molecule has 1 N–H and O–H groups in total. The Morgan fingerprint density at radius 1 is 1.15 bits per heavy atom. The highest BCUT2D eigenvalue weighted by Crippen LogP contribution is 2.16. The molecule has 0 heterocycles. The van der Waals surface area contributed by atoms with Crippen LogP contribution in [0.2, 0.25) is 0 Å². The van der Waals surface area contributed by atoms with Crippen LogP contribution in [0.25, 0.3) is 4.85 Å². The van der Waals surface area contributed by atoms with Crippen molar-refractivity contribution in [3.05, 3.63) is 11.4 Å². The van der Waals surface area contributed by atoms with Crippen LogP contribution in [0.5, 0.6) is 0 Å². The van der Waals surface area contributed by atoms with Crippen molar-refractivity contribution in [2.75, 3.05) is 0 Å². The van der Waals surface area contributed by atoms with Gasteiger partial charge in [-0.3, -0.25) is 4.85 Å². The fourth-order valence-electron chi connectivity index (χ4n) is 1.30. The first kappa shape index (κ1) is 12.4. The molecule has 0 aromatic heterocycles. The van der Waals surface area contributed by atoms with E-state index in [1.165, 1.54) is 25.7 Å². The minimum Gasteiger partial charge on any atom is -0.324 e. The van der Waals surface area contributed by atoms with Crippen molar-refractivity contribution >= 4 is 0 Å². The van der Waals surface area contributed by atoms with E-state index in [2.05, 4.69) is 11.8 Å². The third-order valence-corrected chi connectivity index (χ3v) is 2.24. The largest absolute Gasteiger partial charge is 0.331 e. The molecular weight excluding hydrogens is 162 g/mol. The minimum atomic E-state index is -1.12. The van der Waals surface area contributed by atoms with Gasteiger partial charge in [0.15, 0.2) is 0 Å². The van der Waals surface area contributed by atoms with Gasteiger partial charge in [0.1, 0.15) is 0 Å². The topological polar surface area (TPSA) is 24.6 Å². The number of hydrogen-bond acceptors (Lipinski definition) is 1. The SMILES string of the molecule is [C-]#[N+]C(C)(O)CCCCCCCC. The molecule has 0 aromatic rings. The highest BCUT2D eigenvalue weighted by Gasteiger charge is 2.24. The average molecular weight is 183 g/mol. The van der Waals surface area contributed by atoms with Crippen molar-refractivity contribution in [2.45, 2.75) is 64.5 Å². The number of aliphatic hydroxyl groups is 1. The second-order valence-corrected chi connectivity index (χ2v) is 3.85. The van der Waals surface area contributed by atoms with Gasteiger partial charge in [-0.05, 0) is 6.42 Å². The van der Waals surface area contributed by atoms with Crippen LogP contribution >= 0.6 is 0 Å². The standard InChI is InChI=1S/C11H21NO/c1-4-5-6-7-8-9-10-11(2,13)12-3/h13H,4-10H2,1-2H3. The molecule has 76 valence electrons. The molecule has 0 saturated heterocycles. The normalized spacial score (nSPS) is 14.9. The Hall–Kier alpha value is -0.550. The van der Waals surface area contributed by atoms with E-state index >= 15 is 0 Å². The molecule has 0 saturated carbocycles. The summed E-state index contributed by atoms with van der Waals surface area (Å²) in [7, 11) is 0. The van der Waals surface area contributed by atoms with Gasteiger partial charge < -0.3 is 5.11 Å². The Balaban J connectivity index is 3.22. The van der Waals surface area contributed by atoms with Crippen LogP contribution in [-0.2, 0) is 0 Å². The molecule has 0 spiro atoms. The summed E-state index contributed by atoms with van der Waals surface area (Å²) in [5.74, 6) is 0. The first-order chi connectivity index (χ1) is 6.12. The van der Waals surface area contributed by atoms with E-state index in [1.54, 1.807) is 6.92 Å². The quantitative estimate of drug-likeness (QED) is 0.475. The van der Waals surface area contributed by atoms with Crippen molar-refractivity contribution in [2.24, 2.45) is 0 Å². The zero-order chi connectivity index (χ0) is 10.2. The molecule has 2 nitrogen and oxygen atoms in total. The maximum absolute atomic E-state index is 9.37. The average Bonchev–Trinajstić information content (AvgIpc) is 2.11. The van der Waals surface area contributed by atoms with Crippen molar-refractivity contribution in [1.29, 1.82) is 0 Å². The third-order valence-electron chi connectivity index (χ3n) is 2.24. The van der Waals surface area contributed by atoms with Crippen molar-refractivity contribution in [3.8, 4) is 0 Å². The summed E-state index contributed by atoms with van der Waals surface area (Å²) in [5, 5.41) is 9.37. The van der Waals surface area contributed by atoms with Gasteiger partial charge in [0, 0.05) is 6.92 Å². The summed E-state index contributed by atoms with van der Waals surface area (Å²) < 4.78 is 0. The lowest BCUT2D eigenvalue weighted by Gasteiger charge is -2.08. The van der Waals surface area contributed by atoms with E-state index < -0.39 is 5.72 Å². The minimum absolute atomic E-state index is 0.614. The van der Waals surface area contributed by atoms with Gasteiger partial charge >= 0.3 is 5.72 Å². The number of hydrogen-bond donors (Lipinski definition) is 1. The van der Waals surface area contributed by atoms with E-state index in [-0.39, 0.29) is 0 Å². The van der Waals surface area contributed by atoms with Crippen LogP contribution in [0.15, 0.2) is 0 Å². The van der Waals surface area contributed by atoms with Gasteiger partial charge in [-0.2, -0.15) is 0 Å². The van der Waals surface area contributed by atoms with E-state index in [0.29, 0.717) is 6.42 Å². The highest BCUT2D eigenvalue weighted by atomic mass is 16.3. The summed E-state index contributed by atoms with van der Waals surface area (Å²) in [4.78, 5) is 3.16. The van der Waals surface area contributed by atoms with Crippen LogP contribution in [0.1, 0.15) is 58.8 Å². The molecule has 1 unspecified atom stereocenters. The molecule has 0 rings (SSSR count). The van der Waals surface area contributed by atoms with Crippen molar-refractivity contribution in [3.63, 3.8) is 0 Å². The Morgan fingerprint density at radius 3 is 2.23 bits per heavy atom. The predicted molar refractivity (Wildman–Crippen MR) is 55.2 cm³/mol. The fourth-order valence-corrected chi connectivity index (χ4v) is 1.30. The number of nitrogens with zero attached hydrogens (tertiary/aromatic N) is 1. The van der Waals surface area contributed by atoms with Gasteiger partial charge in [0.2, 0.25) is 0 Å². The first-order valence-corrected chi connectivity index (χ1v) is 5.23. The van der Waals surface area contributed by atoms with E-state index in [4.69, 9.17) is 6.57 Å². The van der Waals surface area contributed by atoms with Gasteiger partial charge in [0.05, 0.1) is 6.42 Å². The summed E-state index contributed by atoms with van der Waals surface area (Å²) in [5.41, 5.74) is -1.12. The lowest BCUT2D eigenvalue weighted by molar-refractivity contribution is 0.0957. The van der Waals surface area contributed by atoms with E-state index in [1.807, 2.05) is 0 Å². The summed E-state index contributed by atoms with van der Waals surface area (Å²) >= 11 is 0. The molecule has 0 aliphatic heterocycles. The summed E-state index contributed by atoms with van der Waals surface area (Å²) in [6.45, 7) is 10.5. The Bertz CT molecular complexity index is 158. The smallest absolute Gasteiger partial charge is 0.324 e. The monoisotopic (exact) mass is 183 g/mol. The molecule has 0 fully saturated rings. The molecule has 1 atom stereocenters. The second kappa shape index (κ2) is 6.91. The molecule has 0 aliphatic rings.